The Labute approximate surface area is 121 Å². The molecule has 0 aliphatic carbocycles. The molecule has 1 N–H and O–H groups in total. The van der Waals surface area contributed by atoms with Crippen molar-refractivity contribution >= 4 is 31.7 Å². The molecule has 0 radical (unpaired) electrons. The molecular formula is C13H16BrNO3S. The number of benzene rings is 1. The van der Waals surface area contributed by atoms with Crippen LogP contribution in [0.15, 0.2) is 24.3 Å². The van der Waals surface area contributed by atoms with Gasteiger partial charge in [-0.3, -0.25) is 4.79 Å². The fourth-order valence-electron chi connectivity index (χ4n) is 2.15. The van der Waals surface area contributed by atoms with E-state index in [1.54, 1.807) is 12.1 Å². The maximum Gasteiger partial charge on any atom is 0.251 e. The highest BCUT2D eigenvalue weighted by molar-refractivity contribution is 9.08. The van der Waals surface area contributed by atoms with Crippen LogP contribution in [-0.2, 0) is 15.2 Å². The predicted molar refractivity (Wildman–Crippen MR) is 78.2 cm³/mol. The third-order valence-electron chi connectivity index (χ3n) is 3.17. The Bertz CT molecular complexity index is 554. The summed E-state index contributed by atoms with van der Waals surface area (Å²) in [5.74, 6) is 0.0839. The van der Waals surface area contributed by atoms with Gasteiger partial charge in [-0.15, -0.1) is 0 Å². The lowest BCUT2D eigenvalue weighted by atomic mass is 10.1. The smallest absolute Gasteiger partial charge is 0.251 e. The summed E-state index contributed by atoms with van der Waals surface area (Å²) in [4.78, 5) is 12.0. The lowest BCUT2D eigenvalue weighted by Gasteiger charge is -2.23. The van der Waals surface area contributed by atoms with Crippen molar-refractivity contribution in [3.63, 3.8) is 0 Å². The first kappa shape index (κ1) is 14.5. The number of rotatable bonds is 3. The van der Waals surface area contributed by atoms with Crippen molar-refractivity contribution in [3.8, 4) is 0 Å². The summed E-state index contributed by atoms with van der Waals surface area (Å²) in [6, 6.07) is 7.00. The van der Waals surface area contributed by atoms with Crippen LogP contribution in [0, 0.1) is 0 Å². The normalized spacial score (nSPS) is 21.8. The fourth-order valence-corrected chi connectivity index (χ4v) is 4.16. The Kier molecular flexibility index (Phi) is 4.62. The van der Waals surface area contributed by atoms with Crippen molar-refractivity contribution in [2.45, 2.75) is 24.2 Å². The van der Waals surface area contributed by atoms with E-state index in [0.29, 0.717) is 12.0 Å². The third-order valence-corrected chi connectivity index (χ3v) is 5.64. The van der Waals surface area contributed by atoms with Crippen LogP contribution < -0.4 is 5.32 Å². The van der Waals surface area contributed by atoms with Crippen molar-refractivity contribution in [1.82, 2.24) is 5.32 Å². The van der Waals surface area contributed by atoms with Gasteiger partial charge in [0.2, 0.25) is 0 Å². The number of sulfone groups is 1. The van der Waals surface area contributed by atoms with Gasteiger partial charge in [0, 0.05) is 16.9 Å². The van der Waals surface area contributed by atoms with E-state index < -0.39 is 9.84 Å². The van der Waals surface area contributed by atoms with Crippen molar-refractivity contribution in [2.24, 2.45) is 0 Å². The van der Waals surface area contributed by atoms with E-state index in [-0.39, 0.29) is 23.5 Å². The van der Waals surface area contributed by atoms with Gasteiger partial charge in [0.25, 0.3) is 5.91 Å². The first-order valence-corrected chi connectivity index (χ1v) is 9.10. The van der Waals surface area contributed by atoms with Crippen LogP contribution in [0.5, 0.6) is 0 Å². The zero-order chi connectivity index (χ0) is 13.9. The molecule has 0 aromatic heterocycles. The molecule has 1 atom stereocenters. The highest BCUT2D eigenvalue weighted by atomic mass is 79.9. The molecule has 1 aliphatic rings. The number of carbonyl (C=O) groups is 1. The molecular weight excluding hydrogens is 330 g/mol. The van der Waals surface area contributed by atoms with E-state index in [2.05, 4.69) is 21.2 Å². The number of nitrogens with one attached hydrogen (secondary N) is 1. The summed E-state index contributed by atoms with van der Waals surface area (Å²) in [6.07, 6.45) is 1.35. The Morgan fingerprint density at radius 2 is 2.00 bits per heavy atom. The van der Waals surface area contributed by atoms with Gasteiger partial charge in [0.15, 0.2) is 9.84 Å². The van der Waals surface area contributed by atoms with Gasteiger partial charge in [0.1, 0.15) is 0 Å². The van der Waals surface area contributed by atoms with Crippen LogP contribution in [0.2, 0.25) is 0 Å². The van der Waals surface area contributed by atoms with Gasteiger partial charge in [-0.25, -0.2) is 8.42 Å². The molecule has 4 nitrogen and oxygen atoms in total. The number of alkyl halides is 1. The van der Waals surface area contributed by atoms with E-state index in [9.17, 15) is 13.2 Å². The summed E-state index contributed by atoms with van der Waals surface area (Å²) in [5, 5.41) is 3.54. The van der Waals surface area contributed by atoms with Gasteiger partial charge in [-0.2, -0.15) is 0 Å². The van der Waals surface area contributed by atoms with E-state index in [1.165, 1.54) is 0 Å². The topological polar surface area (TPSA) is 63.2 Å². The highest BCUT2D eigenvalue weighted by Gasteiger charge is 2.26. The summed E-state index contributed by atoms with van der Waals surface area (Å²) < 4.78 is 23.0. The minimum absolute atomic E-state index is 0.0538. The van der Waals surface area contributed by atoms with Crippen molar-refractivity contribution in [3.05, 3.63) is 35.4 Å². The molecule has 1 amide bonds. The molecule has 1 aliphatic heterocycles. The monoisotopic (exact) mass is 345 g/mol. The number of halogens is 1. The highest BCUT2D eigenvalue weighted by Crippen LogP contribution is 2.13. The number of hydrogen-bond donors (Lipinski definition) is 1. The van der Waals surface area contributed by atoms with E-state index >= 15 is 0 Å². The standard InChI is InChI=1S/C13H16BrNO3S/c14-8-10-3-5-11(6-4-10)13(16)15-12-2-1-7-19(17,18)9-12/h3-6,12H,1-2,7-9H2,(H,15,16). The van der Waals surface area contributed by atoms with Gasteiger partial charge in [-0.1, -0.05) is 28.1 Å². The van der Waals surface area contributed by atoms with Crippen molar-refractivity contribution in [2.75, 3.05) is 11.5 Å². The average Bonchev–Trinajstić information content (AvgIpc) is 2.37. The Hall–Kier alpha value is -0.880. The van der Waals surface area contributed by atoms with Crippen LogP contribution >= 0.6 is 15.9 Å². The van der Waals surface area contributed by atoms with E-state index in [4.69, 9.17) is 0 Å². The molecule has 19 heavy (non-hydrogen) atoms. The molecule has 1 saturated heterocycles. The van der Waals surface area contributed by atoms with Gasteiger partial charge >= 0.3 is 0 Å². The van der Waals surface area contributed by atoms with Gasteiger partial charge in [0.05, 0.1) is 11.5 Å². The Balaban J connectivity index is 2.00. The lowest BCUT2D eigenvalue weighted by Crippen LogP contribution is -2.43. The minimum atomic E-state index is -2.99. The van der Waals surface area contributed by atoms with E-state index in [1.807, 2.05) is 12.1 Å². The first-order chi connectivity index (χ1) is 9.00. The largest absolute Gasteiger partial charge is 0.348 e. The minimum Gasteiger partial charge on any atom is -0.348 e. The molecule has 104 valence electrons. The second kappa shape index (κ2) is 6.05. The molecule has 0 bridgehead atoms. The van der Waals surface area contributed by atoms with Gasteiger partial charge < -0.3 is 5.32 Å². The maximum absolute atomic E-state index is 12.0. The predicted octanol–water partition coefficient (Wildman–Crippen LogP) is 1.89. The van der Waals surface area contributed by atoms with Crippen LogP contribution in [-0.4, -0.2) is 31.9 Å². The van der Waals surface area contributed by atoms with Crippen LogP contribution in [0.1, 0.15) is 28.8 Å². The SMILES string of the molecule is O=C(NC1CCCS(=O)(=O)C1)c1ccc(CBr)cc1. The van der Waals surface area contributed by atoms with Crippen LogP contribution in [0.3, 0.4) is 0 Å². The van der Waals surface area contributed by atoms with E-state index in [0.717, 1.165) is 17.3 Å². The zero-order valence-electron chi connectivity index (χ0n) is 10.4. The van der Waals surface area contributed by atoms with Gasteiger partial charge in [-0.05, 0) is 30.5 Å². The second-order valence-electron chi connectivity index (χ2n) is 4.76. The summed E-state index contributed by atoms with van der Waals surface area (Å²) in [6.45, 7) is 0. The van der Waals surface area contributed by atoms with Crippen LogP contribution in [0.25, 0.3) is 0 Å². The number of hydrogen-bond acceptors (Lipinski definition) is 3. The molecule has 0 saturated carbocycles. The number of carbonyl (C=O) groups excluding carboxylic acids is 1. The third kappa shape index (κ3) is 4.04. The fraction of sp³-hybridized carbons (Fsp3) is 0.462. The quantitative estimate of drug-likeness (QED) is 0.850. The molecule has 1 fully saturated rings. The summed E-state index contributed by atoms with van der Waals surface area (Å²) in [5.41, 5.74) is 1.66. The first-order valence-electron chi connectivity index (χ1n) is 6.16. The molecule has 2 rings (SSSR count). The van der Waals surface area contributed by atoms with Crippen molar-refractivity contribution in [1.29, 1.82) is 0 Å². The molecule has 6 heteroatoms. The lowest BCUT2D eigenvalue weighted by molar-refractivity contribution is 0.0938. The molecule has 1 unspecified atom stereocenters. The Morgan fingerprint density at radius 1 is 1.32 bits per heavy atom. The molecule has 1 aromatic carbocycles. The number of amides is 1. The van der Waals surface area contributed by atoms with Crippen LogP contribution in [0.4, 0.5) is 0 Å². The summed E-state index contributed by atoms with van der Waals surface area (Å²) >= 11 is 3.34. The zero-order valence-corrected chi connectivity index (χ0v) is 12.8. The second-order valence-corrected chi connectivity index (χ2v) is 7.55. The molecule has 0 spiro atoms. The molecule has 1 heterocycles. The maximum atomic E-state index is 12.0. The molecule has 1 aromatic rings. The Morgan fingerprint density at radius 3 is 2.58 bits per heavy atom. The summed E-state index contributed by atoms with van der Waals surface area (Å²) in [7, 11) is -2.99. The van der Waals surface area contributed by atoms with Crippen molar-refractivity contribution < 1.29 is 13.2 Å². The average molecular weight is 346 g/mol.